The van der Waals surface area contributed by atoms with Crippen LogP contribution in [0, 0.1) is 22.7 Å². The molecule has 4 aliphatic carbocycles. The first-order chi connectivity index (χ1) is 20.2. The smallest absolute Gasteiger partial charge is 0.0833 e. The largest absolute Gasteiger partial charge is 0.393 e. The lowest BCUT2D eigenvalue weighted by Gasteiger charge is -2.56. The number of aliphatic hydroxyl groups is 2. The molecule has 2 N–H and O–H groups in total. The molecule has 224 valence electrons. The molecule has 4 nitrogen and oxygen atoms in total. The fraction of sp³-hybridized carbons (Fsp3) is 0.568. The summed E-state index contributed by atoms with van der Waals surface area (Å²) in [6, 6.07) is 19.4. The van der Waals surface area contributed by atoms with Crippen molar-refractivity contribution in [1.82, 2.24) is 9.80 Å². The van der Waals surface area contributed by atoms with E-state index in [0.717, 1.165) is 82.7 Å². The SMILES string of the molecule is C[C@]12CC[C@H](O)CC1=CC=C1[C@@H]2CC[C@@]2(C)[C@H]1CC[C@@]2(O)CN1CCN(C(c2ccccc2)c2ccc(Cl)cc2)CC1. The summed E-state index contributed by atoms with van der Waals surface area (Å²) in [5.41, 5.74) is 5.08. The minimum Gasteiger partial charge on any atom is -0.393 e. The molecule has 0 amide bonds. The number of hydrogen-bond donors (Lipinski definition) is 2. The quantitative estimate of drug-likeness (QED) is 0.395. The van der Waals surface area contributed by atoms with E-state index in [0.29, 0.717) is 11.8 Å². The number of piperazine rings is 1. The highest BCUT2D eigenvalue weighted by atomic mass is 35.5. The molecule has 0 aromatic heterocycles. The number of halogens is 1. The van der Waals surface area contributed by atoms with Gasteiger partial charge < -0.3 is 10.2 Å². The topological polar surface area (TPSA) is 46.9 Å². The van der Waals surface area contributed by atoms with Gasteiger partial charge in [0, 0.05) is 43.2 Å². The minimum atomic E-state index is -0.658. The Balaban J connectivity index is 1.06. The third kappa shape index (κ3) is 4.73. The lowest BCUT2D eigenvalue weighted by molar-refractivity contribution is -0.106. The van der Waals surface area contributed by atoms with Crippen molar-refractivity contribution in [2.75, 3.05) is 32.7 Å². The van der Waals surface area contributed by atoms with Crippen LogP contribution in [-0.4, -0.2) is 64.4 Å². The fourth-order valence-corrected chi connectivity index (χ4v) is 9.92. The van der Waals surface area contributed by atoms with Gasteiger partial charge in [0.25, 0.3) is 0 Å². The van der Waals surface area contributed by atoms with Gasteiger partial charge in [-0.15, -0.1) is 0 Å². The van der Waals surface area contributed by atoms with Crippen LogP contribution in [-0.2, 0) is 0 Å². The summed E-state index contributed by atoms with van der Waals surface area (Å²) in [5.74, 6) is 1.02. The summed E-state index contributed by atoms with van der Waals surface area (Å²) in [4.78, 5) is 5.14. The van der Waals surface area contributed by atoms with E-state index in [2.05, 4.69) is 78.3 Å². The standard InChI is InChI=1S/C37H47ClN2O2/c1-35-17-14-30(41)24-28(35)10-13-31-32(35)15-18-36(2)33(31)16-19-37(36,42)25-39-20-22-40(23-21-39)34(26-6-4-3-5-7-26)27-8-11-29(38)12-9-27/h3-13,30,32-34,41-42H,14-25H2,1-2H3/t30-,32-,33-,34?,35-,36-,37+/m0/s1. The van der Waals surface area contributed by atoms with Gasteiger partial charge in [-0.2, -0.15) is 0 Å². The number of rotatable bonds is 5. The molecule has 7 rings (SSSR count). The first-order valence-corrected chi connectivity index (χ1v) is 16.7. The molecular weight excluding hydrogens is 540 g/mol. The molecule has 42 heavy (non-hydrogen) atoms. The van der Waals surface area contributed by atoms with Crippen LogP contribution >= 0.6 is 11.6 Å². The van der Waals surface area contributed by atoms with E-state index in [-0.39, 0.29) is 23.0 Å². The van der Waals surface area contributed by atoms with Gasteiger partial charge in [-0.3, -0.25) is 9.80 Å². The van der Waals surface area contributed by atoms with Crippen LogP contribution < -0.4 is 0 Å². The number of hydrogen-bond acceptors (Lipinski definition) is 4. The molecule has 1 aliphatic heterocycles. The average Bonchev–Trinajstić information content (AvgIpc) is 3.26. The Labute approximate surface area is 257 Å². The van der Waals surface area contributed by atoms with Crippen LogP contribution in [0.15, 0.2) is 77.9 Å². The Morgan fingerprint density at radius 1 is 0.833 bits per heavy atom. The van der Waals surface area contributed by atoms with Gasteiger partial charge in [-0.05, 0) is 85.5 Å². The molecule has 4 fully saturated rings. The van der Waals surface area contributed by atoms with Crippen LogP contribution in [0.1, 0.15) is 76.0 Å². The molecule has 3 saturated carbocycles. The number of benzene rings is 2. The van der Waals surface area contributed by atoms with Gasteiger partial charge in [0.2, 0.25) is 0 Å². The summed E-state index contributed by atoms with van der Waals surface area (Å²) in [5, 5.41) is 23.5. The van der Waals surface area contributed by atoms with Crippen LogP contribution in [0.25, 0.3) is 0 Å². The third-order valence-electron chi connectivity index (χ3n) is 12.4. The van der Waals surface area contributed by atoms with Crippen molar-refractivity contribution in [3.8, 4) is 0 Å². The summed E-state index contributed by atoms with van der Waals surface area (Å²) in [7, 11) is 0. The van der Waals surface area contributed by atoms with Crippen LogP contribution in [0.3, 0.4) is 0 Å². The van der Waals surface area contributed by atoms with Gasteiger partial charge in [0.15, 0.2) is 0 Å². The zero-order chi connectivity index (χ0) is 29.1. The van der Waals surface area contributed by atoms with E-state index in [1.807, 2.05) is 12.1 Å². The molecule has 1 heterocycles. The van der Waals surface area contributed by atoms with Crippen molar-refractivity contribution in [3.63, 3.8) is 0 Å². The maximum Gasteiger partial charge on any atom is 0.0833 e. The molecule has 0 radical (unpaired) electrons. The van der Waals surface area contributed by atoms with Crippen molar-refractivity contribution in [1.29, 1.82) is 0 Å². The maximum atomic E-state index is 12.4. The summed E-state index contributed by atoms with van der Waals surface area (Å²) < 4.78 is 0. The molecular formula is C37H47ClN2O2. The molecule has 5 aliphatic rings. The Morgan fingerprint density at radius 2 is 1.52 bits per heavy atom. The first-order valence-electron chi connectivity index (χ1n) is 16.3. The van der Waals surface area contributed by atoms with Gasteiger partial charge in [0.05, 0.1) is 17.7 Å². The molecule has 5 heteroatoms. The Hall–Kier alpha value is -1.95. The maximum absolute atomic E-state index is 12.4. The van der Waals surface area contributed by atoms with Gasteiger partial charge >= 0.3 is 0 Å². The third-order valence-corrected chi connectivity index (χ3v) is 12.7. The minimum absolute atomic E-state index is 0.0851. The number of β-amino-alcohol motifs (C(OH)–C–C–N with tert-alkyl or cyclic N) is 1. The second-order valence-corrected chi connectivity index (χ2v) is 14.9. The van der Waals surface area contributed by atoms with E-state index in [1.54, 1.807) is 5.57 Å². The molecule has 7 atom stereocenters. The number of nitrogens with zero attached hydrogens (tertiary/aromatic N) is 2. The van der Waals surface area contributed by atoms with Crippen LogP contribution in [0.4, 0.5) is 0 Å². The Bertz CT molecular complexity index is 1350. The highest BCUT2D eigenvalue weighted by molar-refractivity contribution is 6.30. The second-order valence-electron chi connectivity index (χ2n) is 14.5. The zero-order valence-electron chi connectivity index (χ0n) is 25.3. The zero-order valence-corrected chi connectivity index (χ0v) is 26.1. The number of allylic oxidation sites excluding steroid dienone is 3. The molecule has 2 aromatic rings. The second kappa shape index (κ2) is 10.9. The lowest BCUT2D eigenvalue weighted by atomic mass is 9.50. The summed E-state index contributed by atoms with van der Waals surface area (Å²) in [6.45, 7) is 9.52. The van der Waals surface area contributed by atoms with E-state index in [1.165, 1.54) is 16.7 Å². The van der Waals surface area contributed by atoms with Crippen LogP contribution in [0.2, 0.25) is 5.02 Å². The highest BCUT2D eigenvalue weighted by Crippen LogP contribution is 2.66. The Kier molecular flexibility index (Phi) is 7.47. The van der Waals surface area contributed by atoms with Crippen molar-refractivity contribution in [3.05, 3.63) is 94.0 Å². The summed E-state index contributed by atoms with van der Waals surface area (Å²) >= 11 is 6.24. The Morgan fingerprint density at radius 3 is 2.26 bits per heavy atom. The predicted octanol–water partition coefficient (Wildman–Crippen LogP) is 7.02. The highest BCUT2D eigenvalue weighted by Gasteiger charge is 2.62. The van der Waals surface area contributed by atoms with E-state index in [4.69, 9.17) is 11.6 Å². The van der Waals surface area contributed by atoms with Crippen molar-refractivity contribution >= 4 is 11.6 Å². The number of fused-ring (bicyclic) bond motifs is 5. The van der Waals surface area contributed by atoms with Gasteiger partial charge in [-0.1, -0.05) is 91.2 Å². The van der Waals surface area contributed by atoms with E-state index in [9.17, 15) is 10.2 Å². The van der Waals surface area contributed by atoms with Crippen molar-refractivity contribution < 1.29 is 10.2 Å². The van der Waals surface area contributed by atoms with Gasteiger partial charge in [-0.25, -0.2) is 0 Å². The molecule has 2 aromatic carbocycles. The number of aliphatic hydroxyl groups excluding tert-OH is 1. The van der Waals surface area contributed by atoms with Gasteiger partial charge in [0.1, 0.15) is 0 Å². The molecule has 0 spiro atoms. The normalized spacial score (nSPS) is 37.7. The van der Waals surface area contributed by atoms with Crippen LogP contribution in [0.5, 0.6) is 0 Å². The first kappa shape index (κ1) is 28.8. The fourth-order valence-electron chi connectivity index (χ4n) is 9.80. The average molecular weight is 587 g/mol. The molecule has 1 saturated heterocycles. The van der Waals surface area contributed by atoms with E-state index >= 15 is 0 Å². The lowest BCUT2D eigenvalue weighted by Crippen LogP contribution is -2.58. The van der Waals surface area contributed by atoms with Crippen molar-refractivity contribution in [2.45, 2.75) is 76.5 Å². The summed E-state index contributed by atoms with van der Waals surface area (Å²) in [6.07, 6.45) is 11.6. The molecule has 1 unspecified atom stereocenters. The van der Waals surface area contributed by atoms with E-state index < -0.39 is 5.60 Å². The molecule has 0 bridgehead atoms. The predicted molar refractivity (Wildman–Crippen MR) is 170 cm³/mol. The van der Waals surface area contributed by atoms with Crippen molar-refractivity contribution in [2.24, 2.45) is 22.7 Å². The monoisotopic (exact) mass is 586 g/mol.